The predicted molar refractivity (Wildman–Crippen MR) is 184 cm³/mol. The molecule has 3 amide bonds. The number of likely N-dealkylation sites (tertiary alicyclic amines) is 1. The molecule has 2 atom stereocenters. The standard InChI is InChI=1S/C39H48N4O3/c1-29-20-25-43(26-21-29)38(46)35(28-30-11-5-3-6-12-30)42(2)37(45)34(41-36(44)15-9-22-39(40)23-10-24-39)27-31-16-18-33(19-17-31)32-13-7-4-8-14-32/h3-9,11-19,29,34-35H,10,20-28,40H2,1-2H3,(H,41,44)/b15-9+/t34-,35-/m1/s1. The molecule has 1 heterocycles. The zero-order valence-electron chi connectivity index (χ0n) is 27.2. The summed E-state index contributed by atoms with van der Waals surface area (Å²) in [6, 6.07) is 26.5. The zero-order valence-corrected chi connectivity index (χ0v) is 27.2. The molecule has 1 saturated carbocycles. The number of hydrogen-bond acceptors (Lipinski definition) is 4. The van der Waals surface area contributed by atoms with Crippen LogP contribution < -0.4 is 11.1 Å². The lowest BCUT2D eigenvalue weighted by molar-refractivity contribution is -0.146. The number of piperidine rings is 1. The van der Waals surface area contributed by atoms with E-state index in [0.29, 0.717) is 38.3 Å². The van der Waals surface area contributed by atoms with Gasteiger partial charge in [-0.3, -0.25) is 14.4 Å². The molecule has 5 rings (SSSR count). The van der Waals surface area contributed by atoms with E-state index < -0.39 is 12.1 Å². The van der Waals surface area contributed by atoms with Gasteiger partial charge in [0.1, 0.15) is 12.1 Å². The molecule has 2 aliphatic rings. The predicted octanol–water partition coefficient (Wildman–Crippen LogP) is 5.54. The first kappa shape index (κ1) is 33.1. The first-order valence-electron chi connectivity index (χ1n) is 16.7. The van der Waals surface area contributed by atoms with Gasteiger partial charge in [-0.2, -0.15) is 0 Å². The van der Waals surface area contributed by atoms with Crippen LogP contribution in [0.4, 0.5) is 0 Å². The Morgan fingerprint density at radius 2 is 1.48 bits per heavy atom. The number of rotatable bonds is 12. The van der Waals surface area contributed by atoms with Crippen LogP contribution in [0, 0.1) is 5.92 Å². The van der Waals surface area contributed by atoms with Crippen LogP contribution in [0.15, 0.2) is 97.1 Å². The summed E-state index contributed by atoms with van der Waals surface area (Å²) in [4.78, 5) is 45.0. The van der Waals surface area contributed by atoms with Crippen molar-refractivity contribution in [2.45, 2.75) is 75.9 Å². The Labute approximate surface area is 273 Å². The van der Waals surface area contributed by atoms with Crippen molar-refractivity contribution in [3.63, 3.8) is 0 Å². The summed E-state index contributed by atoms with van der Waals surface area (Å²) in [5.41, 5.74) is 10.2. The monoisotopic (exact) mass is 620 g/mol. The summed E-state index contributed by atoms with van der Waals surface area (Å²) in [6.07, 6.45) is 9.56. The van der Waals surface area contributed by atoms with Gasteiger partial charge in [0.15, 0.2) is 0 Å². The maximum absolute atomic E-state index is 14.3. The molecule has 3 aromatic rings. The van der Waals surface area contributed by atoms with Crippen LogP contribution in [-0.4, -0.2) is 65.3 Å². The average Bonchev–Trinajstić information content (AvgIpc) is 3.06. The molecule has 0 radical (unpaired) electrons. The molecule has 7 heteroatoms. The van der Waals surface area contributed by atoms with Crippen LogP contribution in [-0.2, 0) is 27.2 Å². The van der Waals surface area contributed by atoms with Gasteiger partial charge in [0.05, 0.1) is 0 Å². The van der Waals surface area contributed by atoms with E-state index in [0.717, 1.165) is 54.4 Å². The maximum Gasteiger partial charge on any atom is 0.245 e. The normalized spacial score (nSPS) is 17.6. The maximum atomic E-state index is 14.3. The van der Waals surface area contributed by atoms with E-state index in [-0.39, 0.29) is 23.3 Å². The summed E-state index contributed by atoms with van der Waals surface area (Å²) < 4.78 is 0. The van der Waals surface area contributed by atoms with Crippen LogP contribution in [0.5, 0.6) is 0 Å². The van der Waals surface area contributed by atoms with E-state index in [1.165, 1.54) is 6.08 Å². The lowest BCUT2D eigenvalue weighted by atomic mass is 9.75. The fourth-order valence-electron chi connectivity index (χ4n) is 6.42. The SMILES string of the molecule is CC1CCN(C(=O)[C@@H](Cc2ccccc2)N(C)C(=O)[C@@H](Cc2ccc(-c3ccccc3)cc2)NC(=O)/C=C/CC2(N)CCC2)CC1. The molecule has 3 N–H and O–H groups in total. The lowest BCUT2D eigenvalue weighted by Crippen LogP contribution is -2.57. The molecular formula is C39H48N4O3. The largest absolute Gasteiger partial charge is 0.341 e. The number of likely N-dealkylation sites (N-methyl/N-ethyl adjacent to an activating group) is 1. The van der Waals surface area contributed by atoms with Crippen molar-refractivity contribution in [3.8, 4) is 11.1 Å². The molecule has 0 unspecified atom stereocenters. The minimum Gasteiger partial charge on any atom is -0.341 e. The summed E-state index contributed by atoms with van der Waals surface area (Å²) in [7, 11) is 1.70. The zero-order chi connectivity index (χ0) is 32.5. The molecule has 0 bridgehead atoms. The molecule has 242 valence electrons. The van der Waals surface area contributed by atoms with Gasteiger partial charge in [-0.25, -0.2) is 0 Å². The Kier molecular flexibility index (Phi) is 11.1. The van der Waals surface area contributed by atoms with Crippen molar-refractivity contribution >= 4 is 17.7 Å². The first-order chi connectivity index (χ1) is 22.2. The molecule has 0 spiro atoms. The number of nitrogens with zero attached hydrogens (tertiary/aromatic N) is 2. The van der Waals surface area contributed by atoms with E-state index in [9.17, 15) is 14.4 Å². The van der Waals surface area contributed by atoms with E-state index in [4.69, 9.17) is 5.73 Å². The van der Waals surface area contributed by atoms with Gasteiger partial charge in [0.25, 0.3) is 0 Å². The summed E-state index contributed by atoms with van der Waals surface area (Å²) in [6.45, 7) is 3.59. The van der Waals surface area contributed by atoms with Crippen molar-refractivity contribution in [2.75, 3.05) is 20.1 Å². The number of hydrogen-bond donors (Lipinski definition) is 2. The van der Waals surface area contributed by atoms with Crippen molar-refractivity contribution in [1.82, 2.24) is 15.1 Å². The highest BCUT2D eigenvalue weighted by Gasteiger charge is 2.35. The second-order valence-electron chi connectivity index (χ2n) is 13.3. The Balaban J connectivity index is 1.37. The second kappa shape index (κ2) is 15.4. The van der Waals surface area contributed by atoms with Crippen LogP contribution in [0.3, 0.4) is 0 Å². The second-order valence-corrected chi connectivity index (χ2v) is 13.3. The van der Waals surface area contributed by atoms with Crippen LogP contribution in [0.2, 0.25) is 0 Å². The number of nitrogens with one attached hydrogen (secondary N) is 1. The molecule has 2 fully saturated rings. The number of nitrogens with two attached hydrogens (primary N) is 1. The molecule has 46 heavy (non-hydrogen) atoms. The van der Waals surface area contributed by atoms with Crippen molar-refractivity contribution in [2.24, 2.45) is 11.7 Å². The number of carbonyl (C=O) groups is 3. The van der Waals surface area contributed by atoms with Gasteiger partial charge in [0, 0.05) is 38.5 Å². The van der Waals surface area contributed by atoms with Gasteiger partial charge >= 0.3 is 0 Å². The van der Waals surface area contributed by atoms with Crippen molar-refractivity contribution in [3.05, 3.63) is 108 Å². The van der Waals surface area contributed by atoms with Crippen LogP contribution in [0.25, 0.3) is 11.1 Å². The fraction of sp³-hybridized carbons (Fsp3) is 0.410. The Bertz CT molecular complexity index is 1480. The average molecular weight is 621 g/mol. The molecule has 1 aliphatic heterocycles. The van der Waals surface area contributed by atoms with Gasteiger partial charge in [-0.05, 0) is 72.8 Å². The third-order valence-corrected chi connectivity index (χ3v) is 9.73. The van der Waals surface area contributed by atoms with Crippen LogP contribution >= 0.6 is 0 Å². The van der Waals surface area contributed by atoms with Crippen molar-refractivity contribution < 1.29 is 14.4 Å². The Morgan fingerprint density at radius 1 is 0.891 bits per heavy atom. The highest BCUT2D eigenvalue weighted by molar-refractivity contribution is 5.95. The molecule has 3 aromatic carbocycles. The quantitative estimate of drug-likeness (QED) is 0.260. The number of carbonyl (C=O) groups excluding carboxylic acids is 3. The molecule has 1 aliphatic carbocycles. The van der Waals surface area contributed by atoms with E-state index in [1.54, 1.807) is 11.9 Å². The summed E-state index contributed by atoms with van der Waals surface area (Å²) in [5.74, 6) is -0.0951. The summed E-state index contributed by atoms with van der Waals surface area (Å²) in [5, 5.41) is 2.98. The molecule has 0 aromatic heterocycles. The van der Waals surface area contributed by atoms with E-state index in [2.05, 4.69) is 24.4 Å². The Hall–Kier alpha value is -4.23. The highest BCUT2D eigenvalue weighted by Crippen LogP contribution is 2.32. The Morgan fingerprint density at radius 3 is 2.09 bits per heavy atom. The third kappa shape index (κ3) is 8.73. The highest BCUT2D eigenvalue weighted by atomic mass is 16.2. The third-order valence-electron chi connectivity index (χ3n) is 9.73. The number of amides is 3. The van der Waals surface area contributed by atoms with Crippen LogP contribution in [0.1, 0.15) is 56.6 Å². The molecular weight excluding hydrogens is 572 g/mol. The van der Waals surface area contributed by atoms with Gasteiger partial charge in [-0.1, -0.05) is 97.9 Å². The minimum absolute atomic E-state index is 0.0440. The fourth-order valence-corrected chi connectivity index (χ4v) is 6.42. The molecule has 1 saturated heterocycles. The van der Waals surface area contributed by atoms with E-state index >= 15 is 0 Å². The number of benzene rings is 3. The molecule has 7 nitrogen and oxygen atoms in total. The van der Waals surface area contributed by atoms with E-state index in [1.807, 2.05) is 83.8 Å². The topological polar surface area (TPSA) is 95.7 Å². The first-order valence-corrected chi connectivity index (χ1v) is 16.7. The lowest BCUT2D eigenvalue weighted by Gasteiger charge is -2.37. The van der Waals surface area contributed by atoms with Gasteiger partial charge < -0.3 is 20.9 Å². The van der Waals surface area contributed by atoms with Gasteiger partial charge in [0.2, 0.25) is 17.7 Å². The summed E-state index contributed by atoms with van der Waals surface area (Å²) >= 11 is 0. The smallest absolute Gasteiger partial charge is 0.245 e. The minimum atomic E-state index is -0.854. The van der Waals surface area contributed by atoms with Crippen molar-refractivity contribution in [1.29, 1.82) is 0 Å². The van der Waals surface area contributed by atoms with Gasteiger partial charge in [-0.15, -0.1) is 0 Å².